The lowest BCUT2D eigenvalue weighted by atomic mass is 10.0. The van der Waals surface area contributed by atoms with Crippen LogP contribution in [0.15, 0.2) is 18.2 Å². The summed E-state index contributed by atoms with van der Waals surface area (Å²) in [7, 11) is -0.0237. The zero-order chi connectivity index (χ0) is 14.8. The van der Waals surface area contributed by atoms with Gasteiger partial charge in [-0.15, -0.1) is 11.6 Å². The molecule has 0 aromatic heterocycles. The van der Waals surface area contributed by atoms with Gasteiger partial charge in [0.1, 0.15) is 11.5 Å². The molecule has 0 saturated carbocycles. The third kappa shape index (κ3) is 3.04. The van der Waals surface area contributed by atoms with Gasteiger partial charge in [-0.05, 0) is 18.9 Å². The molecule has 2 rings (SSSR count). The van der Waals surface area contributed by atoms with E-state index in [1.165, 1.54) is 7.11 Å². The minimum atomic E-state index is -3.13. The molecule has 0 radical (unpaired) electrons. The van der Waals surface area contributed by atoms with E-state index in [0.717, 1.165) is 12.8 Å². The van der Waals surface area contributed by atoms with Crippen molar-refractivity contribution < 1.29 is 17.9 Å². The van der Waals surface area contributed by atoms with Gasteiger partial charge in [-0.3, -0.25) is 0 Å². The second-order valence-corrected chi connectivity index (χ2v) is 7.72. The van der Waals surface area contributed by atoms with Crippen LogP contribution in [0.2, 0.25) is 0 Å². The molecule has 0 N–H and O–H groups in total. The molecular formula is C14H19ClO4S. The van der Waals surface area contributed by atoms with Gasteiger partial charge >= 0.3 is 0 Å². The van der Waals surface area contributed by atoms with E-state index in [1.54, 1.807) is 25.3 Å². The fourth-order valence-corrected chi connectivity index (χ4v) is 5.28. The summed E-state index contributed by atoms with van der Waals surface area (Å²) in [5, 5.41) is -1.14. The van der Waals surface area contributed by atoms with Gasteiger partial charge in [0.25, 0.3) is 0 Å². The summed E-state index contributed by atoms with van der Waals surface area (Å²) < 4.78 is 34.8. The van der Waals surface area contributed by atoms with Crippen molar-refractivity contribution in [3.63, 3.8) is 0 Å². The zero-order valence-electron chi connectivity index (χ0n) is 11.6. The van der Waals surface area contributed by atoms with Crippen molar-refractivity contribution in [1.29, 1.82) is 0 Å². The van der Waals surface area contributed by atoms with Crippen LogP contribution in [0.3, 0.4) is 0 Å². The maximum atomic E-state index is 12.2. The third-order valence-corrected chi connectivity index (χ3v) is 6.67. The molecule has 1 heterocycles. The molecule has 1 aromatic rings. The highest BCUT2D eigenvalue weighted by Crippen LogP contribution is 2.40. The number of rotatable bonds is 4. The predicted molar refractivity (Wildman–Crippen MR) is 79.6 cm³/mol. The number of methoxy groups -OCH3 is 2. The highest BCUT2D eigenvalue weighted by Gasteiger charge is 2.36. The molecule has 2 atom stereocenters. The van der Waals surface area contributed by atoms with Crippen LogP contribution in [0, 0.1) is 0 Å². The Balaban J connectivity index is 2.35. The van der Waals surface area contributed by atoms with Crippen molar-refractivity contribution in [3.05, 3.63) is 23.8 Å². The maximum absolute atomic E-state index is 12.2. The molecule has 0 bridgehead atoms. The Morgan fingerprint density at radius 1 is 1.25 bits per heavy atom. The molecule has 6 heteroatoms. The predicted octanol–water partition coefficient (Wildman–Crippen LogP) is 2.95. The van der Waals surface area contributed by atoms with E-state index in [2.05, 4.69) is 0 Å². The van der Waals surface area contributed by atoms with Gasteiger partial charge in [-0.25, -0.2) is 8.42 Å². The summed E-state index contributed by atoms with van der Waals surface area (Å²) in [6.45, 7) is 0. The van der Waals surface area contributed by atoms with Gasteiger partial charge in [-0.2, -0.15) is 0 Å². The molecule has 1 aliphatic rings. The van der Waals surface area contributed by atoms with Crippen molar-refractivity contribution in [3.8, 4) is 11.5 Å². The standard InChI is InChI=1S/C14H19ClO4S/c1-18-10-6-7-11(12(9-10)19-2)14(15)13-5-3-4-8-20(13,16)17/h6-7,9,13-14H,3-5,8H2,1-2H3. The van der Waals surface area contributed by atoms with Crippen molar-refractivity contribution in [2.75, 3.05) is 20.0 Å². The molecule has 0 spiro atoms. The molecule has 1 aromatic carbocycles. The molecule has 20 heavy (non-hydrogen) atoms. The first-order valence-corrected chi connectivity index (χ1v) is 8.72. The normalized spacial score (nSPS) is 23.1. The molecule has 4 nitrogen and oxygen atoms in total. The Morgan fingerprint density at radius 3 is 2.60 bits per heavy atom. The lowest BCUT2D eigenvalue weighted by Gasteiger charge is -2.27. The van der Waals surface area contributed by atoms with E-state index in [9.17, 15) is 8.42 Å². The molecule has 1 fully saturated rings. The average Bonchev–Trinajstić information content (AvgIpc) is 2.45. The Morgan fingerprint density at radius 2 is 2.00 bits per heavy atom. The Labute approximate surface area is 125 Å². The van der Waals surface area contributed by atoms with Crippen molar-refractivity contribution in [1.82, 2.24) is 0 Å². The Hall–Kier alpha value is -0.940. The Kier molecular flexibility index (Phi) is 4.81. The average molecular weight is 319 g/mol. The highest BCUT2D eigenvalue weighted by atomic mass is 35.5. The van der Waals surface area contributed by atoms with E-state index in [4.69, 9.17) is 21.1 Å². The van der Waals surface area contributed by atoms with E-state index in [-0.39, 0.29) is 5.75 Å². The first-order chi connectivity index (χ1) is 9.49. The highest BCUT2D eigenvalue weighted by molar-refractivity contribution is 7.92. The minimum absolute atomic E-state index is 0.222. The van der Waals surface area contributed by atoms with Crippen LogP contribution < -0.4 is 9.47 Å². The number of alkyl halides is 1. The summed E-state index contributed by atoms with van der Waals surface area (Å²) in [5.41, 5.74) is 0.699. The number of halogens is 1. The monoisotopic (exact) mass is 318 g/mol. The fourth-order valence-electron chi connectivity index (χ4n) is 2.55. The lowest BCUT2D eigenvalue weighted by Crippen LogP contribution is -2.32. The van der Waals surface area contributed by atoms with E-state index in [1.807, 2.05) is 0 Å². The van der Waals surface area contributed by atoms with Gasteiger partial charge in [0.05, 0.1) is 30.6 Å². The van der Waals surface area contributed by atoms with Crippen LogP contribution in [0.4, 0.5) is 0 Å². The molecule has 2 unspecified atom stereocenters. The first kappa shape index (κ1) is 15.4. The zero-order valence-corrected chi connectivity index (χ0v) is 13.2. The second kappa shape index (κ2) is 6.22. The van der Waals surface area contributed by atoms with Gasteiger partial charge in [0.15, 0.2) is 9.84 Å². The van der Waals surface area contributed by atoms with Crippen LogP contribution in [-0.2, 0) is 9.84 Å². The van der Waals surface area contributed by atoms with Crippen LogP contribution in [0.25, 0.3) is 0 Å². The maximum Gasteiger partial charge on any atom is 0.154 e. The third-order valence-electron chi connectivity index (χ3n) is 3.69. The molecule has 0 aliphatic carbocycles. The van der Waals surface area contributed by atoms with Crippen molar-refractivity contribution in [2.45, 2.75) is 29.9 Å². The quantitative estimate of drug-likeness (QED) is 0.801. The molecule has 112 valence electrons. The minimum Gasteiger partial charge on any atom is -0.497 e. The molecule has 1 aliphatic heterocycles. The summed E-state index contributed by atoms with van der Waals surface area (Å²) in [4.78, 5) is 0. The SMILES string of the molecule is COc1ccc(C(Cl)C2CCCCS2(=O)=O)c(OC)c1. The number of benzene rings is 1. The van der Waals surface area contributed by atoms with Crippen LogP contribution >= 0.6 is 11.6 Å². The van der Waals surface area contributed by atoms with Gasteiger partial charge in [0, 0.05) is 11.6 Å². The van der Waals surface area contributed by atoms with Crippen molar-refractivity contribution in [2.24, 2.45) is 0 Å². The Bertz CT molecular complexity index is 571. The molecule has 0 amide bonds. The molecule has 1 saturated heterocycles. The van der Waals surface area contributed by atoms with Crippen molar-refractivity contribution >= 4 is 21.4 Å². The van der Waals surface area contributed by atoms with Gasteiger partial charge < -0.3 is 9.47 Å². The summed E-state index contributed by atoms with van der Waals surface area (Å²) in [6.07, 6.45) is 2.22. The van der Waals surface area contributed by atoms with Crippen LogP contribution in [-0.4, -0.2) is 33.6 Å². The smallest absolute Gasteiger partial charge is 0.154 e. The number of ether oxygens (including phenoxy) is 2. The summed E-state index contributed by atoms with van der Waals surface area (Å²) >= 11 is 6.45. The number of hydrogen-bond donors (Lipinski definition) is 0. The van der Waals surface area contributed by atoms with Crippen LogP contribution in [0.5, 0.6) is 11.5 Å². The topological polar surface area (TPSA) is 52.6 Å². The van der Waals surface area contributed by atoms with Gasteiger partial charge in [-0.1, -0.05) is 12.5 Å². The number of sulfone groups is 1. The fraction of sp³-hybridized carbons (Fsp3) is 0.571. The summed E-state index contributed by atoms with van der Waals surface area (Å²) in [6, 6.07) is 5.27. The lowest BCUT2D eigenvalue weighted by molar-refractivity contribution is 0.390. The largest absolute Gasteiger partial charge is 0.497 e. The molecular weight excluding hydrogens is 300 g/mol. The van der Waals surface area contributed by atoms with Gasteiger partial charge in [0.2, 0.25) is 0 Å². The first-order valence-electron chi connectivity index (χ1n) is 6.57. The second-order valence-electron chi connectivity index (χ2n) is 4.91. The van der Waals surface area contributed by atoms with E-state index >= 15 is 0 Å². The number of hydrogen-bond acceptors (Lipinski definition) is 4. The van der Waals surface area contributed by atoms with E-state index in [0.29, 0.717) is 23.5 Å². The van der Waals surface area contributed by atoms with E-state index < -0.39 is 20.5 Å². The summed E-state index contributed by atoms with van der Waals surface area (Å²) in [5.74, 6) is 1.44. The van der Waals surface area contributed by atoms with Crippen LogP contribution in [0.1, 0.15) is 30.2 Å².